The van der Waals surface area contributed by atoms with Gasteiger partial charge in [-0.1, -0.05) is 63.2 Å². The summed E-state index contributed by atoms with van der Waals surface area (Å²) >= 11 is 0. The molecule has 1 atom stereocenters. The number of rotatable bonds is 8. The van der Waals surface area contributed by atoms with E-state index in [9.17, 15) is 0 Å². The third kappa shape index (κ3) is 4.63. The van der Waals surface area contributed by atoms with Crippen molar-refractivity contribution in [3.63, 3.8) is 0 Å². The van der Waals surface area contributed by atoms with Crippen molar-refractivity contribution >= 4 is 0 Å². The van der Waals surface area contributed by atoms with Gasteiger partial charge in [0.25, 0.3) is 0 Å². The number of aryl methyl sites for hydroxylation is 5. The van der Waals surface area contributed by atoms with Crippen LogP contribution >= 0.6 is 0 Å². The quantitative estimate of drug-likeness (QED) is 0.455. The van der Waals surface area contributed by atoms with E-state index in [1.807, 2.05) is 0 Å². The van der Waals surface area contributed by atoms with Gasteiger partial charge in [0.05, 0.1) is 0 Å². The van der Waals surface area contributed by atoms with Crippen molar-refractivity contribution in [2.24, 2.45) is 0 Å². The van der Waals surface area contributed by atoms with Crippen LogP contribution in [0.5, 0.6) is 0 Å². The van der Waals surface area contributed by atoms with Gasteiger partial charge >= 0.3 is 0 Å². The van der Waals surface area contributed by atoms with Crippen molar-refractivity contribution in [1.29, 1.82) is 0 Å². The van der Waals surface area contributed by atoms with Crippen molar-refractivity contribution < 1.29 is 0 Å². The Kier molecular flexibility index (Phi) is 7.36. The van der Waals surface area contributed by atoms with Gasteiger partial charge in [0.2, 0.25) is 0 Å². The normalized spacial score (nSPS) is 15.6. The second kappa shape index (κ2) is 10.4. The molecule has 0 saturated heterocycles. The molecular weight excluding hydrogens is 390 g/mol. The van der Waals surface area contributed by atoms with E-state index < -0.39 is 0 Å². The smallest absolute Gasteiger partial charge is 0.160 e. The zero-order chi connectivity index (χ0) is 22.5. The average molecular weight is 428 g/mol. The van der Waals surface area contributed by atoms with Crippen molar-refractivity contribution in [2.45, 2.75) is 78.7 Å². The molecule has 1 heterocycles. The second-order valence-electron chi connectivity index (χ2n) is 8.92. The number of aromatic nitrogens is 2. The van der Waals surface area contributed by atoms with Crippen LogP contribution < -0.4 is 5.32 Å². The first-order chi connectivity index (χ1) is 15.7. The van der Waals surface area contributed by atoms with Crippen molar-refractivity contribution in [3.05, 3.63) is 81.7 Å². The fourth-order valence-electron chi connectivity index (χ4n) is 5.25. The number of hydrogen-bond donors (Lipinski definition) is 1. The summed E-state index contributed by atoms with van der Waals surface area (Å²) < 4.78 is 0. The summed E-state index contributed by atoms with van der Waals surface area (Å²) in [7, 11) is 0. The molecule has 1 aliphatic rings. The number of nitrogens with zero attached hydrogens (tertiary/aromatic N) is 2. The molecule has 0 spiro atoms. The molecule has 2 aromatic carbocycles. The molecule has 1 aromatic heterocycles. The molecule has 3 aromatic rings. The highest BCUT2D eigenvalue weighted by Crippen LogP contribution is 2.30. The highest BCUT2D eigenvalue weighted by molar-refractivity contribution is 5.65. The van der Waals surface area contributed by atoms with Gasteiger partial charge in [-0.15, -0.1) is 0 Å². The van der Waals surface area contributed by atoms with E-state index in [0.717, 1.165) is 43.7 Å². The fraction of sp³-hybridized carbons (Fsp3) is 0.448. The van der Waals surface area contributed by atoms with E-state index in [1.165, 1.54) is 58.3 Å². The van der Waals surface area contributed by atoms with Crippen LogP contribution in [-0.4, -0.2) is 16.5 Å². The second-order valence-corrected chi connectivity index (χ2v) is 8.92. The van der Waals surface area contributed by atoms with Crippen LogP contribution in [0.1, 0.15) is 78.9 Å². The number of fused-ring (bicyclic) bond motifs is 1. The van der Waals surface area contributed by atoms with E-state index in [1.54, 1.807) is 0 Å². The number of nitrogens with one attached hydrogen (secondary N) is 1. The molecule has 4 rings (SSSR count). The van der Waals surface area contributed by atoms with Gasteiger partial charge in [-0.05, 0) is 86.2 Å². The lowest BCUT2D eigenvalue weighted by atomic mass is 9.87. The Morgan fingerprint density at radius 2 is 1.66 bits per heavy atom. The molecule has 0 saturated carbocycles. The topological polar surface area (TPSA) is 37.8 Å². The molecule has 0 fully saturated rings. The van der Waals surface area contributed by atoms with Crippen molar-refractivity contribution in [3.8, 4) is 11.4 Å². The third-order valence-corrected chi connectivity index (χ3v) is 6.99. The maximum Gasteiger partial charge on any atom is 0.160 e. The molecule has 3 nitrogen and oxygen atoms in total. The summed E-state index contributed by atoms with van der Waals surface area (Å²) in [6.45, 7) is 9.77. The van der Waals surface area contributed by atoms with E-state index in [0.29, 0.717) is 6.04 Å². The lowest BCUT2D eigenvalue weighted by Crippen LogP contribution is -2.27. The van der Waals surface area contributed by atoms with Crippen molar-refractivity contribution in [1.82, 2.24) is 15.3 Å². The van der Waals surface area contributed by atoms with E-state index in [-0.39, 0.29) is 0 Å². The standard InChI is InChI=1S/C29H37N3/c1-5-21-13-10-14-22(6-2)28(21)29-31-20(4)24(26(7-3)32-29)18-19-30-27-17-11-15-23-12-8-9-16-25(23)27/h8-10,12-14,16,27,30H,5-7,11,15,17-19H2,1-4H3/t27-/m0/s1. The number of hydrogen-bond acceptors (Lipinski definition) is 3. The lowest BCUT2D eigenvalue weighted by Gasteiger charge is -2.26. The van der Waals surface area contributed by atoms with Gasteiger partial charge in [-0.25, -0.2) is 9.97 Å². The van der Waals surface area contributed by atoms with Crippen LogP contribution in [0, 0.1) is 6.92 Å². The first kappa shape index (κ1) is 22.7. The monoisotopic (exact) mass is 427 g/mol. The van der Waals surface area contributed by atoms with Crippen LogP contribution in [0.3, 0.4) is 0 Å². The first-order valence-corrected chi connectivity index (χ1v) is 12.4. The summed E-state index contributed by atoms with van der Waals surface area (Å²) in [6, 6.07) is 16.0. The highest BCUT2D eigenvalue weighted by Gasteiger charge is 2.20. The summed E-state index contributed by atoms with van der Waals surface area (Å²) in [6.07, 6.45) is 7.62. The number of benzene rings is 2. The molecule has 0 radical (unpaired) electrons. The van der Waals surface area contributed by atoms with E-state index >= 15 is 0 Å². The summed E-state index contributed by atoms with van der Waals surface area (Å²) in [4.78, 5) is 10.1. The zero-order valence-electron chi connectivity index (χ0n) is 20.2. The third-order valence-electron chi connectivity index (χ3n) is 6.99. The van der Waals surface area contributed by atoms with Crippen molar-refractivity contribution in [2.75, 3.05) is 6.54 Å². The van der Waals surface area contributed by atoms with Gasteiger partial charge in [-0.3, -0.25) is 0 Å². The Hall–Kier alpha value is -2.52. The zero-order valence-corrected chi connectivity index (χ0v) is 20.2. The molecule has 32 heavy (non-hydrogen) atoms. The molecule has 0 bridgehead atoms. The minimum absolute atomic E-state index is 0.467. The summed E-state index contributed by atoms with van der Waals surface area (Å²) in [5, 5.41) is 3.83. The van der Waals surface area contributed by atoms with Gasteiger partial charge < -0.3 is 5.32 Å². The molecule has 1 aliphatic carbocycles. The Morgan fingerprint density at radius 1 is 0.906 bits per heavy atom. The highest BCUT2D eigenvalue weighted by atomic mass is 14.9. The van der Waals surface area contributed by atoms with Gasteiger partial charge in [-0.2, -0.15) is 0 Å². The van der Waals surface area contributed by atoms with Crippen LogP contribution in [0.25, 0.3) is 11.4 Å². The summed E-state index contributed by atoms with van der Waals surface area (Å²) in [5.74, 6) is 0.909. The Bertz CT molecular complexity index is 1050. The molecule has 0 aliphatic heterocycles. The van der Waals surface area contributed by atoms with Gasteiger partial charge in [0.15, 0.2) is 5.82 Å². The largest absolute Gasteiger partial charge is 0.310 e. The maximum atomic E-state index is 5.10. The van der Waals surface area contributed by atoms with Gasteiger partial charge in [0.1, 0.15) is 0 Å². The maximum absolute atomic E-state index is 5.10. The molecule has 0 unspecified atom stereocenters. The van der Waals surface area contributed by atoms with Gasteiger partial charge in [0, 0.05) is 23.0 Å². The Morgan fingerprint density at radius 3 is 2.38 bits per heavy atom. The first-order valence-electron chi connectivity index (χ1n) is 12.4. The minimum atomic E-state index is 0.467. The van der Waals surface area contributed by atoms with Crippen LogP contribution in [0.15, 0.2) is 42.5 Å². The molecule has 168 valence electrons. The fourth-order valence-corrected chi connectivity index (χ4v) is 5.25. The predicted octanol–water partition coefficient (Wildman–Crippen LogP) is 6.35. The van der Waals surface area contributed by atoms with Crippen LogP contribution in [0.2, 0.25) is 0 Å². The van der Waals surface area contributed by atoms with E-state index in [2.05, 4.69) is 75.5 Å². The van der Waals surface area contributed by atoms with Crippen LogP contribution in [-0.2, 0) is 32.1 Å². The van der Waals surface area contributed by atoms with Crippen LogP contribution in [0.4, 0.5) is 0 Å². The Balaban J connectivity index is 1.56. The average Bonchev–Trinajstić information content (AvgIpc) is 2.84. The Labute approximate surface area is 193 Å². The predicted molar refractivity (Wildman–Crippen MR) is 134 cm³/mol. The summed E-state index contributed by atoms with van der Waals surface area (Å²) in [5.41, 5.74) is 10.6. The molecular formula is C29H37N3. The SMILES string of the molecule is CCc1cccc(CC)c1-c1nc(C)c(CCN[C@H]2CCCc3ccccc32)c(CC)n1. The molecule has 0 amide bonds. The lowest BCUT2D eigenvalue weighted by molar-refractivity contribution is 0.462. The molecule has 1 N–H and O–H groups in total. The van der Waals surface area contributed by atoms with E-state index in [4.69, 9.17) is 9.97 Å². The minimum Gasteiger partial charge on any atom is -0.310 e. The molecule has 3 heteroatoms.